The number of halogens is 1. The number of amides is 1. The molecule has 64 valence electrons. The third kappa shape index (κ3) is 1.72. The molecular formula is C8H8FNO2. The first-order chi connectivity index (χ1) is 5.77. The Morgan fingerprint density at radius 3 is 2.92 bits per heavy atom. The summed E-state index contributed by atoms with van der Waals surface area (Å²) in [6.07, 6.45) is 0. The molecule has 1 aromatic rings. The Morgan fingerprint density at radius 1 is 1.58 bits per heavy atom. The summed E-state index contributed by atoms with van der Waals surface area (Å²) < 4.78 is 16.5. The molecule has 0 heterocycles. The van der Waals surface area contributed by atoms with Crippen LogP contribution in [0.15, 0.2) is 24.3 Å². The maximum Gasteiger partial charge on any atom is 0.279 e. The molecule has 0 aliphatic rings. The number of methoxy groups -OCH3 is 1. The van der Waals surface area contributed by atoms with Gasteiger partial charge in [-0.05, 0) is 18.2 Å². The highest BCUT2D eigenvalue weighted by molar-refractivity contribution is 5.93. The van der Waals surface area contributed by atoms with Crippen molar-refractivity contribution in [1.82, 2.24) is 5.54 Å². The summed E-state index contributed by atoms with van der Waals surface area (Å²) >= 11 is 0. The summed E-state index contributed by atoms with van der Waals surface area (Å²) in [5.41, 5.74) is 1.27. The monoisotopic (exact) mass is 169 g/mol. The molecule has 1 N–H and O–H groups in total. The summed E-state index contributed by atoms with van der Waals surface area (Å²) in [7, 11) is 1.48. The number of benzene rings is 1. The molecule has 1 amide bonds. The molecule has 3 nitrogen and oxygen atoms in total. The Balaban J connectivity index is 2.93. The van der Waals surface area contributed by atoms with Crippen LogP contribution < -0.4 is 10.3 Å². The van der Waals surface area contributed by atoms with E-state index in [1.54, 1.807) is 12.1 Å². The van der Waals surface area contributed by atoms with Gasteiger partial charge in [0.15, 0.2) is 0 Å². The molecule has 12 heavy (non-hydrogen) atoms. The number of carbonyl (C=O) groups excluding carboxylic acids is 1. The van der Waals surface area contributed by atoms with Gasteiger partial charge in [0.05, 0.1) is 7.11 Å². The molecule has 0 fully saturated rings. The van der Waals surface area contributed by atoms with E-state index in [2.05, 4.69) is 0 Å². The van der Waals surface area contributed by atoms with Gasteiger partial charge >= 0.3 is 0 Å². The molecule has 0 radical (unpaired) electrons. The molecular weight excluding hydrogens is 161 g/mol. The van der Waals surface area contributed by atoms with Gasteiger partial charge in [-0.3, -0.25) is 4.79 Å². The molecule has 1 aromatic carbocycles. The van der Waals surface area contributed by atoms with Gasteiger partial charge in [-0.15, -0.1) is 0 Å². The van der Waals surface area contributed by atoms with Gasteiger partial charge in [0.25, 0.3) is 5.91 Å². The Morgan fingerprint density at radius 2 is 2.33 bits per heavy atom. The van der Waals surface area contributed by atoms with E-state index in [0.29, 0.717) is 5.75 Å². The molecule has 1 rings (SSSR count). The molecule has 0 spiro atoms. The van der Waals surface area contributed by atoms with Crippen molar-refractivity contribution in [3.05, 3.63) is 29.8 Å². The van der Waals surface area contributed by atoms with E-state index in [-0.39, 0.29) is 5.56 Å². The summed E-state index contributed by atoms with van der Waals surface area (Å²) in [5, 5.41) is 0. The van der Waals surface area contributed by atoms with Gasteiger partial charge in [0.1, 0.15) is 5.75 Å². The van der Waals surface area contributed by atoms with E-state index >= 15 is 0 Å². The first-order valence-corrected chi connectivity index (χ1v) is 3.33. The first-order valence-electron chi connectivity index (χ1n) is 3.33. The highest BCUT2D eigenvalue weighted by Gasteiger charge is 2.04. The van der Waals surface area contributed by atoms with Crippen LogP contribution in [-0.2, 0) is 0 Å². The lowest BCUT2D eigenvalue weighted by Gasteiger charge is -2.00. The minimum atomic E-state index is -0.770. The lowest BCUT2D eigenvalue weighted by molar-refractivity contribution is 0.0859. The van der Waals surface area contributed by atoms with Crippen molar-refractivity contribution in [3.63, 3.8) is 0 Å². The molecule has 0 unspecified atom stereocenters. The second-order valence-electron chi connectivity index (χ2n) is 2.16. The maximum atomic E-state index is 11.7. The molecule has 4 heteroatoms. The fraction of sp³-hybridized carbons (Fsp3) is 0.125. The van der Waals surface area contributed by atoms with Crippen molar-refractivity contribution in [2.45, 2.75) is 0 Å². The zero-order chi connectivity index (χ0) is 8.97. The number of hydrogen-bond acceptors (Lipinski definition) is 2. The minimum Gasteiger partial charge on any atom is -0.497 e. The standard InChI is InChI=1S/C8H8FNO2/c1-12-7-4-2-3-6(5-7)8(11)10-9/h2-5H,1H3,(H,10,11). The lowest BCUT2D eigenvalue weighted by Crippen LogP contribution is -2.13. The van der Waals surface area contributed by atoms with E-state index in [1.807, 2.05) is 0 Å². The van der Waals surface area contributed by atoms with E-state index in [0.717, 1.165) is 5.54 Å². The van der Waals surface area contributed by atoms with Gasteiger partial charge in [0.2, 0.25) is 0 Å². The number of carbonyl (C=O) groups is 1. The smallest absolute Gasteiger partial charge is 0.279 e. The number of hydrogen-bond donors (Lipinski definition) is 1. The molecule has 0 saturated carbocycles. The molecule has 0 saturated heterocycles. The summed E-state index contributed by atoms with van der Waals surface area (Å²) in [6, 6.07) is 6.24. The zero-order valence-corrected chi connectivity index (χ0v) is 6.50. The SMILES string of the molecule is COc1cccc(C(=O)NF)c1. The molecule has 0 aliphatic carbocycles. The summed E-state index contributed by atoms with van der Waals surface area (Å²) in [5.74, 6) is -0.245. The molecule has 0 aromatic heterocycles. The van der Waals surface area contributed by atoms with Crippen LogP contribution in [0.5, 0.6) is 5.75 Å². The predicted octanol–water partition coefficient (Wildman–Crippen LogP) is 1.31. The Labute approximate surface area is 69.1 Å². The van der Waals surface area contributed by atoms with E-state index < -0.39 is 5.91 Å². The van der Waals surface area contributed by atoms with E-state index in [9.17, 15) is 9.28 Å². The molecule has 0 atom stereocenters. The normalized spacial score (nSPS) is 9.17. The third-order valence-corrected chi connectivity index (χ3v) is 1.42. The molecule has 0 aliphatic heterocycles. The highest BCUT2D eigenvalue weighted by atomic mass is 19.2. The fourth-order valence-electron chi connectivity index (χ4n) is 0.819. The zero-order valence-electron chi connectivity index (χ0n) is 6.50. The summed E-state index contributed by atoms with van der Waals surface area (Å²) in [6.45, 7) is 0. The van der Waals surface area contributed by atoms with Gasteiger partial charge < -0.3 is 4.74 Å². The minimum absolute atomic E-state index is 0.233. The number of nitrogens with one attached hydrogen (secondary N) is 1. The first kappa shape index (κ1) is 8.52. The Hall–Kier alpha value is -1.58. The van der Waals surface area contributed by atoms with Crippen LogP contribution in [-0.4, -0.2) is 13.0 Å². The topological polar surface area (TPSA) is 38.3 Å². The van der Waals surface area contributed by atoms with Crippen LogP contribution in [0.25, 0.3) is 0 Å². The maximum absolute atomic E-state index is 11.7. The largest absolute Gasteiger partial charge is 0.497 e. The van der Waals surface area contributed by atoms with Crippen LogP contribution >= 0.6 is 0 Å². The van der Waals surface area contributed by atoms with Gasteiger partial charge in [-0.25, -0.2) is 0 Å². The predicted molar refractivity (Wildman–Crippen MR) is 41.6 cm³/mol. The number of ether oxygens (including phenoxy) is 1. The van der Waals surface area contributed by atoms with Gasteiger partial charge in [-0.2, -0.15) is 5.54 Å². The van der Waals surface area contributed by atoms with Crippen LogP contribution in [0, 0.1) is 0 Å². The highest BCUT2D eigenvalue weighted by Crippen LogP contribution is 2.11. The van der Waals surface area contributed by atoms with Crippen molar-refractivity contribution in [2.75, 3.05) is 7.11 Å². The van der Waals surface area contributed by atoms with Crippen molar-refractivity contribution in [2.24, 2.45) is 0 Å². The van der Waals surface area contributed by atoms with Gasteiger partial charge in [-0.1, -0.05) is 10.5 Å². The van der Waals surface area contributed by atoms with Crippen LogP contribution in [0.3, 0.4) is 0 Å². The van der Waals surface area contributed by atoms with Crippen molar-refractivity contribution >= 4 is 5.91 Å². The molecule has 0 bridgehead atoms. The van der Waals surface area contributed by atoms with E-state index in [1.165, 1.54) is 19.2 Å². The van der Waals surface area contributed by atoms with Crippen LogP contribution in [0.1, 0.15) is 10.4 Å². The van der Waals surface area contributed by atoms with Crippen LogP contribution in [0.4, 0.5) is 4.48 Å². The average molecular weight is 169 g/mol. The van der Waals surface area contributed by atoms with Crippen molar-refractivity contribution in [3.8, 4) is 5.75 Å². The average Bonchev–Trinajstić information content (AvgIpc) is 2.17. The Kier molecular flexibility index (Phi) is 2.63. The van der Waals surface area contributed by atoms with Crippen LogP contribution in [0.2, 0.25) is 0 Å². The lowest BCUT2D eigenvalue weighted by atomic mass is 10.2. The third-order valence-electron chi connectivity index (χ3n) is 1.42. The van der Waals surface area contributed by atoms with Crippen molar-refractivity contribution in [1.29, 1.82) is 0 Å². The second-order valence-corrected chi connectivity index (χ2v) is 2.16. The summed E-state index contributed by atoms with van der Waals surface area (Å²) in [4.78, 5) is 10.7. The number of rotatable bonds is 2. The Bertz CT molecular complexity index is 288. The van der Waals surface area contributed by atoms with E-state index in [4.69, 9.17) is 4.74 Å². The quantitative estimate of drug-likeness (QED) is 0.678. The van der Waals surface area contributed by atoms with Crippen molar-refractivity contribution < 1.29 is 14.0 Å². The van der Waals surface area contributed by atoms with Gasteiger partial charge in [0, 0.05) is 5.56 Å². The second kappa shape index (κ2) is 3.71. The fourth-order valence-corrected chi connectivity index (χ4v) is 0.819.